The lowest BCUT2D eigenvalue weighted by Gasteiger charge is -2.40. The summed E-state index contributed by atoms with van der Waals surface area (Å²) in [6.07, 6.45) is 32.2. The van der Waals surface area contributed by atoms with Crippen molar-refractivity contribution in [2.24, 2.45) is 0 Å². The van der Waals surface area contributed by atoms with Crippen molar-refractivity contribution >= 4 is 5.91 Å². The molecule has 0 aliphatic carbocycles. The van der Waals surface area contributed by atoms with E-state index in [2.05, 4.69) is 43.5 Å². The molecule has 9 unspecified atom stereocenters. The molecule has 11 nitrogen and oxygen atoms in total. The molecule has 0 spiro atoms. The van der Waals surface area contributed by atoms with Crippen LogP contribution in [0.15, 0.2) is 36.5 Å². The maximum Gasteiger partial charge on any atom is 0.249 e. The van der Waals surface area contributed by atoms with Crippen LogP contribution in [0.3, 0.4) is 0 Å². The Bertz CT molecular complexity index is 1050. The van der Waals surface area contributed by atoms with E-state index in [1.807, 2.05) is 6.08 Å². The second-order valence-electron chi connectivity index (χ2n) is 16.8. The van der Waals surface area contributed by atoms with Crippen LogP contribution in [0.2, 0.25) is 0 Å². The number of unbranched alkanes of at least 4 members (excludes halogenated alkanes) is 22. The number of hydrogen-bond donors (Lipinski definition) is 8. The zero-order chi connectivity index (χ0) is 43.4. The van der Waals surface area contributed by atoms with Crippen molar-refractivity contribution in [3.63, 3.8) is 0 Å². The molecular formula is C48H89NO10. The predicted octanol–water partition coefficient (Wildman–Crippen LogP) is 8.00. The molecule has 346 valence electrons. The molecule has 1 aliphatic heterocycles. The Morgan fingerprint density at radius 3 is 1.58 bits per heavy atom. The van der Waals surface area contributed by atoms with E-state index < -0.39 is 74.2 Å². The Morgan fingerprint density at radius 2 is 1.07 bits per heavy atom. The third kappa shape index (κ3) is 27.8. The van der Waals surface area contributed by atoms with E-state index in [0.29, 0.717) is 12.8 Å². The molecule has 8 N–H and O–H groups in total. The Kier molecular flexibility index (Phi) is 35.7. The fourth-order valence-electron chi connectivity index (χ4n) is 7.42. The first kappa shape index (κ1) is 55.3. The van der Waals surface area contributed by atoms with Crippen LogP contribution in [0.4, 0.5) is 0 Å². The van der Waals surface area contributed by atoms with Gasteiger partial charge in [0.25, 0.3) is 0 Å². The first-order valence-corrected chi connectivity index (χ1v) is 23.9. The smallest absolute Gasteiger partial charge is 0.249 e. The average Bonchev–Trinajstić information content (AvgIpc) is 3.23. The van der Waals surface area contributed by atoms with Gasteiger partial charge in [-0.05, 0) is 51.4 Å². The third-order valence-electron chi connectivity index (χ3n) is 11.4. The fourth-order valence-corrected chi connectivity index (χ4v) is 7.42. The SMILES string of the molecule is CCCCCCCC/C=C\C/C=C\CC(O)C(=O)NC(COC1OC(CO)C(O)C(O)C1O)C(O)C(O)CCC/C=C/CCCCCCCCCCCCCCCCC. The van der Waals surface area contributed by atoms with Crippen molar-refractivity contribution in [2.75, 3.05) is 13.2 Å². The predicted molar refractivity (Wildman–Crippen MR) is 238 cm³/mol. The molecule has 0 bridgehead atoms. The highest BCUT2D eigenvalue weighted by molar-refractivity contribution is 5.81. The molecule has 11 heteroatoms. The molecule has 0 saturated carbocycles. The number of amides is 1. The van der Waals surface area contributed by atoms with Gasteiger partial charge in [0.1, 0.15) is 36.6 Å². The minimum atomic E-state index is -1.68. The van der Waals surface area contributed by atoms with E-state index in [-0.39, 0.29) is 12.8 Å². The van der Waals surface area contributed by atoms with Crippen molar-refractivity contribution in [3.8, 4) is 0 Å². The van der Waals surface area contributed by atoms with E-state index in [1.54, 1.807) is 6.08 Å². The lowest BCUT2D eigenvalue weighted by Crippen LogP contribution is -2.60. The van der Waals surface area contributed by atoms with Gasteiger partial charge in [-0.1, -0.05) is 172 Å². The van der Waals surface area contributed by atoms with Gasteiger partial charge in [-0.25, -0.2) is 0 Å². The van der Waals surface area contributed by atoms with Crippen LogP contribution < -0.4 is 5.32 Å². The summed E-state index contributed by atoms with van der Waals surface area (Å²) in [6.45, 7) is 3.37. The van der Waals surface area contributed by atoms with E-state index in [4.69, 9.17) is 9.47 Å². The van der Waals surface area contributed by atoms with Crippen molar-refractivity contribution in [1.82, 2.24) is 5.32 Å². The molecule has 59 heavy (non-hydrogen) atoms. The van der Waals surface area contributed by atoms with Crippen LogP contribution in [0.25, 0.3) is 0 Å². The van der Waals surface area contributed by atoms with Crippen molar-refractivity contribution < 1.29 is 50.0 Å². The molecule has 0 aromatic carbocycles. The highest BCUT2D eigenvalue weighted by Gasteiger charge is 2.44. The van der Waals surface area contributed by atoms with Gasteiger partial charge in [0.15, 0.2) is 6.29 Å². The largest absolute Gasteiger partial charge is 0.394 e. The van der Waals surface area contributed by atoms with Crippen LogP contribution in [0.1, 0.15) is 194 Å². The molecule has 0 aromatic rings. The van der Waals surface area contributed by atoms with Gasteiger partial charge in [-0.3, -0.25) is 4.79 Å². The van der Waals surface area contributed by atoms with Crippen molar-refractivity contribution in [1.29, 1.82) is 0 Å². The van der Waals surface area contributed by atoms with E-state index in [9.17, 15) is 40.5 Å². The number of rotatable bonds is 39. The van der Waals surface area contributed by atoms with Gasteiger partial charge in [-0.15, -0.1) is 0 Å². The minimum absolute atomic E-state index is 0.0434. The van der Waals surface area contributed by atoms with Gasteiger partial charge >= 0.3 is 0 Å². The van der Waals surface area contributed by atoms with Crippen molar-refractivity contribution in [2.45, 2.75) is 249 Å². The summed E-state index contributed by atoms with van der Waals surface area (Å²) in [6, 6.07) is -1.21. The highest BCUT2D eigenvalue weighted by atomic mass is 16.7. The summed E-state index contributed by atoms with van der Waals surface area (Å²) in [4.78, 5) is 13.0. The van der Waals surface area contributed by atoms with Gasteiger partial charge < -0.3 is 50.5 Å². The standard InChI is InChI=1S/C48H89NO10/c1-3-5-7-9-11-13-15-17-18-19-20-21-22-23-24-26-27-29-31-33-35-40(51)43(53)39(38-58-48-46(56)45(55)44(54)42(37-50)59-48)49-47(57)41(52)36-34-32-30-28-25-16-14-12-10-8-6-4-2/h25,27-29,32,34,39-46,48,50-56H,3-24,26,30-31,33,35-38H2,1-2H3,(H,49,57)/b28-25-,29-27+,34-32-. The summed E-state index contributed by atoms with van der Waals surface area (Å²) in [5.41, 5.74) is 0. The summed E-state index contributed by atoms with van der Waals surface area (Å²) in [7, 11) is 0. The summed E-state index contributed by atoms with van der Waals surface area (Å²) < 4.78 is 11.0. The van der Waals surface area contributed by atoms with Crippen LogP contribution in [-0.4, -0.2) is 110 Å². The Hall–Kier alpha value is -1.67. The van der Waals surface area contributed by atoms with Gasteiger partial charge in [-0.2, -0.15) is 0 Å². The molecule has 1 heterocycles. The van der Waals surface area contributed by atoms with Gasteiger partial charge in [0, 0.05) is 6.42 Å². The quantitative estimate of drug-likeness (QED) is 0.0223. The van der Waals surface area contributed by atoms with Crippen LogP contribution >= 0.6 is 0 Å². The van der Waals surface area contributed by atoms with E-state index in [1.165, 1.54) is 128 Å². The molecule has 1 aliphatic rings. The summed E-state index contributed by atoms with van der Waals surface area (Å²) in [5.74, 6) is -0.774. The molecule has 1 fully saturated rings. The van der Waals surface area contributed by atoms with Crippen LogP contribution in [0.5, 0.6) is 0 Å². The second kappa shape index (κ2) is 38.0. The van der Waals surface area contributed by atoms with Crippen LogP contribution in [-0.2, 0) is 14.3 Å². The molecule has 1 rings (SSSR count). The second-order valence-corrected chi connectivity index (χ2v) is 16.8. The van der Waals surface area contributed by atoms with Crippen molar-refractivity contribution in [3.05, 3.63) is 36.5 Å². The number of ether oxygens (including phenoxy) is 2. The van der Waals surface area contributed by atoms with E-state index >= 15 is 0 Å². The molecular weight excluding hydrogens is 751 g/mol. The lowest BCUT2D eigenvalue weighted by molar-refractivity contribution is -0.303. The molecule has 0 radical (unpaired) electrons. The highest BCUT2D eigenvalue weighted by Crippen LogP contribution is 2.23. The zero-order valence-corrected chi connectivity index (χ0v) is 37.2. The van der Waals surface area contributed by atoms with Gasteiger partial charge in [0.05, 0.1) is 25.4 Å². The molecule has 1 saturated heterocycles. The van der Waals surface area contributed by atoms with E-state index in [0.717, 1.165) is 25.7 Å². The number of aliphatic hydroxyl groups excluding tert-OH is 7. The number of allylic oxidation sites excluding steroid dienone is 5. The Balaban J connectivity index is 2.47. The number of nitrogens with one attached hydrogen (secondary N) is 1. The van der Waals surface area contributed by atoms with Crippen LogP contribution in [0, 0.1) is 0 Å². The lowest BCUT2D eigenvalue weighted by atomic mass is 9.99. The Labute approximate surface area is 358 Å². The normalized spacial score (nSPS) is 22.1. The topological polar surface area (TPSA) is 189 Å². The molecule has 1 amide bonds. The fraction of sp³-hybridized carbons (Fsp3) is 0.854. The third-order valence-corrected chi connectivity index (χ3v) is 11.4. The molecule has 9 atom stereocenters. The maximum absolute atomic E-state index is 13.0. The minimum Gasteiger partial charge on any atom is -0.394 e. The molecule has 0 aromatic heterocycles. The summed E-state index contributed by atoms with van der Waals surface area (Å²) in [5, 5.41) is 75.5. The zero-order valence-electron chi connectivity index (χ0n) is 37.2. The van der Waals surface area contributed by atoms with Gasteiger partial charge in [0.2, 0.25) is 5.91 Å². The summed E-state index contributed by atoms with van der Waals surface area (Å²) >= 11 is 0. The monoisotopic (exact) mass is 840 g/mol. The number of carbonyl (C=O) groups is 1. The first-order valence-electron chi connectivity index (χ1n) is 23.9. The number of carbonyl (C=O) groups excluding carboxylic acids is 1. The average molecular weight is 840 g/mol. The Morgan fingerprint density at radius 1 is 0.610 bits per heavy atom. The maximum atomic E-state index is 13.0. The number of aliphatic hydroxyl groups is 7. The number of hydrogen-bond acceptors (Lipinski definition) is 10. The first-order chi connectivity index (χ1) is 28.7.